The van der Waals surface area contributed by atoms with Gasteiger partial charge in [-0.25, -0.2) is 12.8 Å². The quantitative estimate of drug-likeness (QED) is 0.841. The van der Waals surface area contributed by atoms with Gasteiger partial charge in [-0.15, -0.1) is 0 Å². The molecule has 5 nitrogen and oxygen atoms in total. The summed E-state index contributed by atoms with van der Waals surface area (Å²) in [5, 5.41) is 3.33. The van der Waals surface area contributed by atoms with E-state index in [-0.39, 0.29) is 28.6 Å². The van der Waals surface area contributed by atoms with Crippen LogP contribution in [0.15, 0.2) is 29.2 Å². The van der Waals surface area contributed by atoms with Crippen LogP contribution in [-0.4, -0.2) is 50.2 Å². The molecule has 0 aliphatic carbocycles. The number of nitrogens with one attached hydrogen (secondary N) is 1. The molecule has 1 amide bonds. The third-order valence-electron chi connectivity index (χ3n) is 3.93. The van der Waals surface area contributed by atoms with Gasteiger partial charge in [-0.1, -0.05) is 6.92 Å². The van der Waals surface area contributed by atoms with Crippen molar-refractivity contribution in [3.8, 4) is 0 Å². The Kier molecular flexibility index (Phi) is 5.41. The van der Waals surface area contributed by atoms with Gasteiger partial charge in [0.2, 0.25) is 5.91 Å². The maximum atomic E-state index is 12.9. The molecule has 0 aromatic heterocycles. The van der Waals surface area contributed by atoms with Gasteiger partial charge in [-0.05, 0) is 38.1 Å². The molecular weight excluding hydrogens is 319 g/mol. The first-order valence-electron chi connectivity index (χ1n) is 7.72. The normalized spacial score (nSPS) is 23.6. The molecule has 1 heterocycles. The molecule has 0 unspecified atom stereocenters. The Balaban J connectivity index is 2.06. The predicted molar refractivity (Wildman–Crippen MR) is 86.3 cm³/mol. The highest BCUT2D eigenvalue weighted by Gasteiger charge is 2.30. The molecule has 1 aliphatic rings. The first kappa shape index (κ1) is 17.9. The second-order valence-corrected chi connectivity index (χ2v) is 8.38. The van der Waals surface area contributed by atoms with E-state index in [0.717, 1.165) is 12.1 Å². The second-order valence-electron chi connectivity index (χ2n) is 6.35. The lowest BCUT2D eigenvalue weighted by atomic mass is 10.1. The standard InChI is InChI=1S/C16H23FN2O3S/c1-11(16(20)19-8-12(2)18-13(3)9-19)10-23(21,22)15-6-4-14(17)5-7-15/h4-7,11-13,18H,8-10H2,1-3H3/t11-,12-,13-/m1/s1. The zero-order valence-corrected chi connectivity index (χ0v) is 14.4. The van der Waals surface area contributed by atoms with Crippen LogP contribution in [0.4, 0.5) is 4.39 Å². The number of rotatable bonds is 4. The Labute approximate surface area is 136 Å². The van der Waals surface area contributed by atoms with E-state index in [1.54, 1.807) is 11.8 Å². The van der Waals surface area contributed by atoms with Crippen molar-refractivity contribution in [3.63, 3.8) is 0 Å². The molecule has 0 spiro atoms. The van der Waals surface area contributed by atoms with Crippen molar-refractivity contribution in [1.29, 1.82) is 0 Å². The van der Waals surface area contributed by atoms with E-state index in [1.165, 1.54) is 12.1 Å². The highest BCUT2D eigenvalue weighted by atomic mass is 32.2. The van der Waals surface area contributed by atoms with Gasteiger partial charge in [0.25, 0.3) is 0 Å². The highest BCUT2D eigenvalue weighted by molar-refractivity contribution is 7.91. The molecular formula is C16H23FN2O3S. The third-order valence-corrected chi connectivity index (χ3v) is 5.86. The summed E-state index contributed by atoms with van der Waals surface area (Å²) >= 11 is 0. The van der Waals surface area contributed by atoms with Crippen molar-refractivity contribution >= 4 is 15.7 Å². The summed E-state index contributed by atoms with van der Waals surface area (Å²) in [6, 6.07) is 5.05. The van der Waals surface area contributed by atoms with Crippen LogP contribution in [0.25, 0.3) is 0 Å². The van der Waals surface area contributed by atoms with Gasteiger partial charge in [-0.2, -0.15) is 0 Å². The minimum absolute atomic E-state index is 0.0422. The fourth-order valence-electron chi connectivity index (χ4n) is 2.96. The fourth-order valence-corrected chi connectivity index (χ4v) is 4.50. The van der Waals surface area contributed by atoms with E-state index < -0.39 is 21.6 Å². The van der Waals surface area contributed by atoms with E-state index in [1.807, 2.05) is 13.8 Å². The van der Waals surface area contributed by atoms with Crippen molar-refractivity contribution < 1.29 is 17.6 Å². The molecule has 23 heavy (non-hydrogen) atoms. The molecule has 1 aromatic rings. The van der Waals surface area contributed by atoms with E-state index in [9.17, 15) is 17.6 Å². The average molecular weight is 342 g/mol. The zero-order valence-electron chi connectivity index (χ0n) is 13.6. The Morgan fingerprint density at radius 2 is 1.78 bits per heavy atom. The van der Waals surface area contributed by atoms with Crippen LogP contribution in [0.2, 0.25) is 0 Å². The number of sulfone groups is 1. The molecule has 1 aliphatic heterocycles. The van der Waals surface area contributed by atoms with Gasteiger partial charge in [0, 0.05) is 31.1 Å². The van der Waals surface area contributed by atoms with Gasteiger partial charge in [0.1, 0.15) is 5.82 Å². The van der Waals surface area contributed by atoms with Crippen LogP contribution >= 0.6 is 0 Å². The zero-order chi connectivity index (χ0) is 17.2. The van der Waals surface area contributed by atoms with Crippen LogP contribution in [0, 0.1) is 11.7 Å². The van der Waals surface area contributed by atoms with Gasteiger partial charge < -0.3 is 10.2 Å². The molecule has 0 saturated carbocycles. The SMILES string of the molecule is C[C@@H]1CN(C(=O)[C@H](C)CS(=O)(=O)c2ccc(F)cc2)C[C@@H](C)N1. The number of hydrogen-bond donors (Lipinski definition) is 1. The maximum Gasteiger partial charge on any atom is 0.226 e. The summed E-state index contributed by atoms with van der Waals surface area (Å²) in [6.45, 7) is 6.76. The van der Waals surface area contributed by atoms with Gasteiger partial charge >= 0.3 is 0 Å². The number of nitrogens with zero attached hydrogens (tertiary/aromatic N) is 1. The first-order valence-corrected chi connectivity index (χ1v) is 9.37. The number of halogens is 1. The molecule has 1 N–H and O–H groups in total. The molecule has 1 fully saturated rings. The monoisotopic (exact) mass is 342 g/mol. The minimum atomic E-state index is -3.62. The summed E-state index contributed by atoms with van der Waals surface area (Å²) in [7, 11) is -3.62. The van der Waals surface area contributed by atoms with Gasteiger partial charge in [0.05, 0.1) is 10.6 Å². The minimum Gasteiger partial charge on any atom is -0.339 e. The highest BCUT2D eigenvalue weighted by Crippen LogP contribution is 2.17. The number of carbonyl (C=O) groups excluding carboxylic acids is 1. The molecule has 2 rings (SSSR count). The number of carbonyl (C=O) groups is 1. The molecule has 1 aromatic carbocycles. The van der Waals surface area contributed by atoms with Crippen LogP contribution in [-0.2, 0) is 14.6 Å². The van der Waals surface area contributed by atoms with E-state index in [2.05, 4.69) is 5.32 Å². The summed E-state index contributed by atoms with van der Waals surface area (Å²) in [4.78, 5) is 14.3. The van der Waals surface area contributed by atoms with Gasteiger partial charge in [0.15, 0.2) is 9.84 Å². The van der Waals surface area contributed by atoms with Crippen LogP contribution in [0.3, 0.4) is 0 Å². The van der Waals surface area contributed by atoms with Crippen molar-refractivity contribution in [1.82, 2.24) is 10.2 Å². The largest absolute Gasteiger partial charge is 0.339 e. The predicted octanol–water partition coefficient (Wildman–Crippen LogP) is 1.44. The molecule has 128 valence electrons. The topological polar surface area (TPSA) is 66.5 Å². The number of amides is 1. The smallest absolute Gasteiger partial charge is 0.226 e. The summed E-state index contributed by atoms with van der Waals surface area (Å²) in [5.41, 5.74) is 0. The first-order chi connectivity index (χ1) is 10.7. The van der Waals surface area contributed by atoms with E-state index >= 15 is 0 Å². The summed E-state index contributed by atoms with van der Waals surface area (Å²) < 4.78 is 37.6. The van der Waals surface area contributed by atoms with E-state index in [4.69, 9.17) is 0 Å². The molecule has 0 radical (unpaired) electrons. The van der Waals surface area contributed by atoms with E-state index in [0.29, 0.717) is 13.1 Å². The summed E-state index contributed by atoms with van der Waals surface area (Å²) in [5.74, 6) is -1.56. The van der Waals surface area contributed by atoms with Gasteiger partial charge in [-0.3, -0.25) is 4.79 Å². The molecule has 1 saturated heterocycles. The number of benzene rings is 1. The summed E-state index contributed by atoms with van der Waals surface area (Å²) in [6.07, 6.45) is 0. The lowest BCUT2D eigenvalue weighted by Gasteiger charge is -2.37. The molecule has 3 atom stereocenters. The maximum absolute atomic E-state index is 12.9. The lowest BCUT2D eigenvalue weighted by Crippen LogP contribution is -2.57. The number of hydrogen-bond acceptors (Lipinski definition) is 4. The van der Waals surface area contributed by atoms with Crippen molar-refractivity contribution in [2.24, 2.45) is 5.92 Å². The second kappa shape index (κ2) is 6.97. The Hall–Kier alpha value is -1.47. The lowest BCUT2D eigenvalue weighted by molar-refractivity contribution is -0.136. The van der Waals surface area contributed by atoms with Crippen molar-refractivity contribution in [2.75, 3.05) is 18.8 Å². The molecule has 0 bridgehead atoms. The number of piperazine rings is 1. The Bertz CT molecular complexity index is 650. The van der Waals surface area contributed by atoms with Crippen LogP contribution < -0.4 is 5.32 Å². The van der Waals surface area contributed by atoms with Crippen molar-refractivity contribution in [3.05, 3.63) is 30.1 Å². The average Bonchev–Trinajstić information content (AvgIpc) is 2.45. The van der Waals surface area contributed by atoms with Crippen molar-refractivity contribution in [2.45, 2.75) is 37.8 Å². The Morgan fingerprint density at radius 1 is 1.26 bits per heavy atom. The molecule has 7 heteroatoms. The van der Waals surface area contributed by atoms with Crippen LogP contribution in [0.5, 0.6) is 0 Å². The Morgan fingerprint density at radius 3 is 2.30 bits per heavy atom. The fraction of sp³-hybridized carbons (Fsp3) is 0.562. The van der Waals surface area contributed by atoms with Crippen LogP contribution in [0.1, 0.15) is 20.8 Å². The third kappa shape index (κ3) is 4.51.